The number of carbonyl (C=O) groups excluding carboxylic acids is 1. The number of benzene rings is 1. The number of anilines is 1. The van der Waals surface area contributed by atoms with Crippen molar-refractivity contribution in [2.75, 3.05) is 12.4 Å². The summed E-state index contributed by atoms with van der Waals surface area (Å²) in [6.45, 7) is 0.469. The number of nitro benzene ring substituents is 1. The first-order valence-electron chi connectivity index (χ1n) is 7.21. The topological polar surface area (TPSA) is 120 Å². The number of carbonyl (C=O) groups is 1. The highest BCUT2D eigenvalue weighted by Gasteiger charge is 2.19. The minimum atomic E-state index is -0.656. The summed E-state index contributed by atoms with van der Waals surface area (Å²) < 4.78 is 10.5. The van der Waals surface area contributed by atoms with Crippen LogP contribution in [-0.4, -0.2) is 28.2 Å². The molecule has 2 heterocycles. The van der Waals surface area contributed by atoms with Crippen LogP contribution in [-0.2, 0) is 11.3 Å². The van der Waals surface area contributed by atoms with Gasteiger partial charge in [0.2, 0.25) is 5.13 Å². The van der Waals surface area contributed by atoms with Crippen molar-refractivity contribution in [3.63, 3.8) is 0 Å². The van der Waals surface area contributed by atoms with Gasteiger partial charge in [-0.25, -0.2) is 4.79 Å². The summed E-state index contributed by atoms with van der Waals surface area (Å²) in [6.07, 6.45) is 1.58. The van der Waals surface area contributed by atoms with Gasteiger partial charge in [0.1, 0.15) is 5.76 Å². The zero-order chi connectivity index (χ0) is 18.5. The lowest BCUT2D eigenvalue weighted by Gasteiger charge is -2.05. The van der Waals surface area contributed by atoms with E-state index in [1.807, 2.05) is 6.07 Å². The lowest BCUT2D eigenvalue weighted by Crippen LogP contribution is -2.04. The third-order valence-electron chi connectivity index (χ3n) is 3.18. The average Bonchev–Trinajstić information content (AvgIpc) is 3.31. The molecule has 11 heteroatoms. The van der Waals surface area contributed by atoms with Crippen LogP contribution < -0.4 is 5.32 Å². The fourth-order valence-electron chi connectivity index (χ4n) is 1.98. The Balaban J connectivity index is 1.76. The second-order valence-electron chi connectivity index (χ2n) is 4.84. The van der Waals surface area contributed by atoms with Gasteiger partial charge in [0, 0.05) is 17.0 Å². The van der Waals surface area contributed by atoms with Crippen LogP contribution in [0.5, 0.6) is 0 Å². The molecule has 0 saturated heterocycles. The molecule has 0 amide bonds. The fourth-order valence-corrected chi connectivity index (χ4v) is 3.79. The van der Waals surface area contributed by atoms with Crippen LogP contribution >= 0.6 is 23.1 Å². The molecular formula is C15H12N4O5S2. The lowest BCUT2D eigenvalue weighted by molar-refractivity contribution is -0.384. The minimum absolute atomic E-state index is 0.104. The van der Waals surface area contributed by atoms with E-state index in [0.717, 1.165) is 5.76 Å². The predicted octanol–water partition coefficient (Wildman–Crippen LogP) is 3.59. The summed E-state index contributed by atoms with van der Waals surface area (Å²) in [5, 5.41) is 22.7. The van der Waals surface area contributed by atoms with Gasteiger partial charge < -0.3 is 14.5 Å². The predicted molar refractivity (Wildman–Crippen MR) is 94.5 cm³/mol. The first-order valence-corrected chi connectivity index (χ1v) is 8.84. The highest BCUT2D eigenvalue weighted by Crippen LogP contribution is 2.35. The number of ether oxygens (including phenoxy) is 1. The molecular weight excluding hydrogens is 380 g/mol. The van der Waals surface area contributed by atoms with Gasteiger partial charge in [0.05, 0.1) is 30.4 Å². The Hall–Kier alpha value is -2.92. The Labute approximate surface area is 155 Å². The Kier molecular flexibility index (Phi) is 5.49. The highest BCUT2D eigenvalue weighted by atomic mass is 32.2. The van der Waals surface area contributed by atoms with Gasteiger partial charge >= 0.3 is 5.97 Å². The molecule has 0 spiro atoms. The Morgan fingerprint density at radius 2 is 2.27 bits per heavy atom. The van der Waals surface area contributed by atoms with Crippen molar-refractivity contribution >= 4 is 39.9 Å². The summed E-state index contributed by atoms with van der Waals surface area (Å²) in [7, 11) is 1.22. The molecule has 0 bridgehead atoms. The molecule has 0 aliphatic carbocycles. The van der Waals surface area contributed by atoms with Crippen molar-refractivity contribution in [1.82, 2.24) is 10.2 Å². The van der Waals surface area contributed by atoms with Gasteiger partial charge in [-0.3, -0.25) is 10.1 Å². The molecule has 1 aromatic carbocycles. The van der Waals surface area contributed by atoms with E-state index in [2.05, 4.69) is 15.5 Å². The number of non-ortho nitro benzene ring substituents is 1. The van der Waals surface area contributed by atoms with E-state index in [4.69, 9.17) is 9.15 Å². The molecule has 0 unspecified atom stereocenters. The molecule has 26 heavy (non-hydrogen) atoms. The van der Waals surface area contributed by atoms with Crippen LogP contribution in [0.4, 0.5) is 10.8 Å². The highest BCUT2D eigenvalue weighted by molar-refractivity contribution is 8.01. The molecule has 0 radical (unpaired) electrons. The maximum absolute atomic E-state index is 11.9. The quantitative estimate of drug-likeness (QED) is 0.365. The van der Waals surface area contributed by atoms with Crippen molar-refractivity contribution in [2.24, 2.45) is 0 Å². The normalized spacial score (nSPS) is 10.5. The van der Waals surface area contributed by atoms with Gasteiger partial charge in [0.15, 0.2) is 4.34 Å². The number of nitro groups is 1. The van der Waals surface area contributed by atoms with Crippen molar-refractivity contribution in [2.45, 2.75) is 15.8 Å². The number of esters is 1. The van der Waals surface area contributed by atoms with Gasteiger partial charge in [-0.15, -0.1) is 10.2 Å². The van der Waals surface area contributed by atoms with E-state index in [9.17, 15) is 14.9 Å². The number of aromatic nitrogens is 2. The van der Waals surface area contributed by atoms with E-state index in [0.29, 0.717) is 20.9 Å². The lowest BCUT2D eigenvalue weighted by atomic mass is 10.2. The van der Waals surface area contributed by atoms with Crippen LogP contribution in [0.1, 0.15) is 16.1 Å². The first kappa shape index (κ1) is 17.9. The molecule has 1 N–H and O–H groups in total. The Bertz CT molecular complexity index is 926. The van der Waals surface area contributed by atoms with Crippen molar-refractivity contribution in [3.05, 3.63) is 58.0 Å². The molecule has 9 nitrogen and oxygen atoms in total. The number of furan rings is 1. The van der Waals surface area contributed by atoms with Crippen LogP contribution in [0, 0.1) is 10.1 Å². The molecule has 2 aromatic heterocycles. The van der Waals surface area contributed by atoms with Crippen molar-refractivity contribution in [3.8, 4) is 0 Å². The van der Waals surface area contributed by atoms with E-state index >= 15 is 0 Å². The largest absolute Gasteiger partial charge is 0.467 e. The molecule has 0 atom stereocenters. The zero-order valence-corrected chi connectivity index (χ0v) is 15.0. The summed E-state index contributed by atoms with van der Waals surface area (Å²) in [6, 6.07) is 7.63. The maximum Gasteiger partial charge on any atom is 0.339 e. The molecule has 0 saturated carbocycles. The van der Waals surface area contributed by atoms with Gasteiger partial charge in [0.25, 0.3) is 5.69 Å². The molecule has 3 aromatic rings. The second kappa shape index (κ2) is 7.97. The summed E-state index contributed by atoms with van der Waals surface area (Å²) in [5.74, 6) is 0.106. The van der Waals surface area contributed by atoms with Crippen LogP contribution in [0.25, 0.3) is 0 Å². The van der Waals surface area contributed by atoms with E-state index < -0.39 is 10.9 Å². The fraction of sp³-hybridized carbons (Fsp3) is 0.133. The zero-order valence-electron chi connectivity index (χ0n) is 13.4. The number of hydrogen-bond donors (Lipinski definition) is 1. The maximum atomic E-state index is 11.9. The average molecular weight is 392 g/mol. The molecule has 0 aliphatic rings. The van der Waals surface area contributed by atoms with E-state index in [-0.39, 0.29) is 11.3 Å². The smallest absolute Gasteiger partial charge is 0.339 e. The third-order valence-corrected chi connectivity index (χ3v) is 5.18. The molecule has 0 fully saturated rings. The monoisotopic (exact) mass is 392 g/mol. The molecule has 0 aliphatic heterocycles. The number of nitrogens with one attached hydrogen (secondary N) is 1. The second-order valence-corrected chi connectivity index (χ2v) is 7.10. The summed E-state index contributed by atoms with van der Waals surface area (Å²) in [4.78, 5) is 22.8. The SMILES string of the molecule is COC(=O)c1cc([N+](=O)[O-])ccc1Sc1nnc(NCc2ccco2)s1. The number of methoxy groups -OCH3 is 1. The molecule has 3 rings (SSSR count). The summed E-state index contributed by atoms with van der Waals surface area (Å²) in [5.41, 5.74) is -0.0835. The van der Waals surface area contributed by atoms with Crippen LogP contribution in [0.3, 0.4) is 0 Å². The van der Waals surface area contributed by atoms with Crippen LogP contribution in [0.2, 0.25) is 0 Å². The Morgan fingerprint density at radius 3 is 2.96 bits per heavy atom. The van der Waals surface area contributed by atoms with E-state index in [1.165, 1.54) is 48.4 Å². The summed E-state index contributed by atoms with van der Waals surface area (Å²) >= 11 is 2.47. The van der Waals surface area contributed by atoms with Crippen LogP contribution in [0.15, 0.2) is 50.2 Å². The van der Waals surface area contributed by atoms with Crippen molar-refractivity contribution in [1.29, 1.82) is 0 Å². The van der Waals surface area contributed by atoms with Crippen molar-refractivity contribution < 1.29 is 18.9 Å². The number of hydrogen-bond acceptors (Lipinski definition) is 10. The minimum Gasteiger partial charge on any atom is -0.467 e. The standard InChI is InChI=1S/C15H12N4O5S2/c1-23-13(20)11-7-9(19(21)22)4-5-12(11)25-15-18-17-14(26-15)16-8-10-3-2-6-24-10/h2-7H,8H2,1H3,(H,16,17). The number of rotatable bonds is 7. The Morgan fingerprint density at radius 1 is 1.42 bits per heavy atom. The third kappa shape index (κ3) is 4.18. The molecule has 134 valence electrons. The van der Waals surface area contributed by atoms with E-state index in [1.54, 1.807) is 12.3 Å². The van der Waals surface area contributed by atoms with Gasteiger partial charge in [-0.2, -0.15) is 0 Å². The number of nitrogens with zero attached hydrogens (tertiary/aromatic N) is 3. The van der Waals surface area contributed by atoms with Gasteiger partial charge in [-0.1, -0.05) is 23.1 Å². The first-order chi connectivity index (χ1) is 12.6. The van der Waals surface area contributed by atoms with Gasteiger partial charge in [-0.05, 0) is 18.2 Å².